The first-order valence-electron chi connectivity index (χ1n) is 24.8. The standard InChI is InChI=1S/C48H97N2O6P/c1-3-5-7-9-11-13-15-17-18-19-20-21-22-23-24-25-26-27-28-29-30-32-34-36-38-40-42-48(52)50-46(45-56-57(53,54)55-44-43-49)47(51)41-39-37-35-33-31-16-14-12-10-8-6-4-2/h39,41,46-47,51H,3-38,40,42-45,49H2,1-2H3,(H,50,52)(H,53,54)/b41-39+/t46-,47+/m0/s1. The van der Waals surface area contributed by atoms with Gasteiger partial charge in [0.2, 0.25) is 5.91 Å². The Morgan fingerprint density at radius 1 is 0.561 bits per heavy atom. The molecule has 340 valence electrons. The molecule has 0 saturated heterocycles. The van der Waals surface area contributed by atoms with Crippen LogP contribution in [-0.2, 0) is 18.4 Å². The highest BCUT2D eigenvalue weighted by molar-refractivity contribution is 7.47. The highest BCUT2D eigenvalue weighted by Gasteiger charge is 2.26. The Kier molecular flexibility index (Phi) is 44.2. The lowest BCUT2D eigenvalue weighted by Crippen LogP contribution is -2.45. The summed E-state index contributed by atoms with van der Waals surface area (Å²) in [5, 5.41) is 13.7. The molecule has 1 unspecified atom stereocenters. The first-order chi connectivity index (χ1) is 27.9. The third-order valence-corrected chi connectivity index (χ3v) is 12.3. The minimum absolute atomic E-state index is 0.0814. The lowest BCUT2D eigenvalue weighted by atomic mass is 10.0. The summed E-state index contributed by atoms with van der Waals surface area (Å²) in [5.41, 5.74) is 5.38. The predicted octanol–water partition coefficient (Wildman–Crippen LogP) is 14.3. The van der Waals surface area contributed by atoms with Crippen molar-refractivity contribution in [3.8, 4) is 0 Å². The Labute approximate surface area is 354 Å². The van der Waals surface area contributed by atoms with Crippen LogP contribution in [0.1, 0.15) is 258 Å². The van der Waals surface area contributed by atoms with Gasteiger partial charge in [0.25, 0.3) is 0 Å². The normalized spacial score (nSPS) is 14.0. The third-order valence-electron chi connectivity index (χ3n) is 11.4. The number of aliphatic hydroxyl groups is 1. The van der Waals surface area contributed by atoms with Crippen LogP contribution in [0.15, 0.2) is 12.2 Å². The smallest absolute Gasteiger partial charge is 0.387 e. The maximum atomic E-state index is 12.8. The SMILES string of the molecule is CCCCCCCCCCCC/C=C/[C@@H](O)[C@H](COP(=O)(O)OCCN)NC(=O)CCCCCCCCCCCCCCCCCCCCCCCCCCCC. The van der Waals surface area contributed by atoms with E-state index in [4.69, 9.17) is 14.8 Å². The highest BCUT2D eigenvalue weighted by Crippen LogP contribution is 2.43. The van der Waals surface area contributed by atoms with E-state index in [1.807, 2.05) is 6.08 Å². The van der Waals surface area contributed by atoms with Crippen LogP contribution in [0.3, 0.4) is 0 Å². The zero-order valence-electron chi connectivity index (χ0n) is 37.9. The Morgan fingerprint density at radius 2 is 0.895 bits per heavy atom. The summed E-state index contributed by atoms with van der Waals surface area (Å²) in [6, 6.07) is -0.854. The molecule has 0 aliphatic rings. The number of hydrogen-bond donors (Lipinski definition) is 4. The van der Waals surface area contributed by atoms with E-state index in [1.165, 1.54) is 199 Å². The lowest BCUT2D eigenvalue weighted by molar-refractivity contribution is -0.123. The van der Waals surface area contributed by atoms with Crippen LogP contribution in [0.2, 0.25) is 0 Å². The van der Waals surface area contributed by atoms with Crippen LogP contribution < -0.4 is 11.1 Å². The molecule has 1 amide bonds. The van der Waals surface area contributed by atoms with Gasteiger partial charge in [-0.15, -0.1) is 0 Å². The summed E-state index contributed by atoms with van der Waals surface area (Å²) in [7, 11) is -4.33. The van der Waals surface area contributed by atoms with Crippen molar-refractivity contribution in [2.45, 2.75) is 270 Å². The maximum Gasteiger partial charge on any atom is 0.472 e. The Bertz CT molecular complexity index is 906. The highest BCUT2D eigenvalue weighted by atomic mass is 31.2. The summed E-state index contributed by atoms with van der Waals surface area (Å²) >= 11 is 0. The zero-order valence-corrected chi connectivity index (χ0v) is 38.7. The van der Waals surface area contributed by atoms with Gasteiger partial charge in [0.05, 0.1) is 25.4 Å². The molecule has 0 bridgehead atoms. The molecule has 0 rings (SSSR count). The molecule has 9 heteroatoms. The average Bonchev–Trinajstić information content (AvgIpc) is 3.20. The Morgan fingerprint density at radius 3 is 1.25 bits per heavy atom. The summed E-state index contributed by atoms with van der Waals surface area (Å²) in [5.74, 6) is -0.189. The summed E-state index contributed by atoms with van der Waals surface area (Å²) in [6.07, 6.45) is 51.4. The average molecular weight is 829 g/mol. The molecule has 0 aliphatic heterocycles. The molecule has 0 saturated carbocycles. The predicted molar refractivity (Wildman–Crippen MR) is 245 cm³/mol. The molecule has 0 aliphatic carbocycles. The van der Waals surface area contributed by atoms with E-state index in [2.05, 4.69) is 19.2 Å². The van der Waals surface area contributed by atoms with Gasteiger partial charge < -0.3 is 21.1 Å². The number of phosphoric ester groups is 1. The largest absolute Gasteiger partial charge is 0.472 e. The Balaban J connectivity index is 3.94. The molecule has 0 radical (unpaired) electrons. The number of unbranched alkanes of at least 4 members (excludes halogenated alkanes) is 35. The number of hydrogen-bond acceptors (Lipinski definition) is 6. The Hall–Kier alpha value is -0.760. The quantitative estimate of drug-likeness (QED) is 0.0273. The fraction of sp³-hybridized carbons (Fsp3) is 0.938. The van der Waals surface area contributed by atoms with Crippen LogP contribution >= 0.6 is 7.82 Å². The molecular formula is C48H97N2O6P. The number of nitrogens with two attached hydrogens (primary N) is 1. The van der Waals surface area contributed by atoms with Crippen molar-refractivity contribution in [1.29, 1.82) is 0 Å². The van der Waals surface area contributed by atoms with E-state index in [9.17, 15) is 19.4 Å². The molecule has 0 aromatic heterocycles. The van der Waals surface area contributed by atoms with Crippen molar-refractivity contribution in [1.82, 2.24) is 5.32 Å². The van der Waals surface area contributed by atoms with Gasteiger partial charge >= 0.3 is 7.82 Å². The second kappa shape index (κ2) is 44.8. The minimum atomic E-state index is -4.33. The molecule has 57 heavy (non-hydrogen) atoms. The lowest BCUT2D eigenvalue weighted by Gasteiger charge is -2.23. The molecule has 0 aromatic carbocycles. The van der Waals surface area contributed by atoms with E-state index in [-0.39, 0.29) is 25.7 Å². The number of nitrogens with one attached hydrogen (secondary N) is 1. The van der Waals surface area contributed by atoms with Crippen LogP contribution in [0, 0.1) is 0 Å². The third kappa shape index (κ3) is 43.1. The molecule has 0 spiro atoms. The number of rotatable bonds is 47. The van der Waals surface area contributed by atoms with Crippen LogP contribution in [0.5, 0.6) is 0 Å². The first kappa shape index (κ1) is 56.2. The fourth-order valence-electron chi connectivity index (χ4n) is 7.61. The molecule has 5 N–H and O–H groups in total. The fourth-order valence-corrected chi connectivity index (χ4v) is 8.36. The number of carbonyl (C=O) groups excluding carboxylic acids is 1. The number of aliphatic hydroxyl groups excluding tert-OH is 1. The van der Waals surface area contributed by atoms with Gasteiger partial charge in [0.1, 0.15) is 0 Å². The van der Waals surface area contributed by atoms with E-state index >= 15 is 0 Å². The molecule has 0 heterocycles. The van der Waals surface area contributed by atoms with Crippen molar-refractivity contribution in [2.75, 3.05) is 19.8 Å². The van der Waals surface area contributed by atoms with Crippen molar-refractivity contribution in [2.24, 2.45) is 5.73 Å². The van der Waals surface area contributed by atoms with Gasteiger partial charge in [-0.25, -0.2) is 4.57 Å². The van der Waals surface area contributed by atoms with E-state index in [0.717, 1.165) is 38.5 Å². The second-order valence-electron chi connectivity index (χ2n) is 17.0. The second-order valence-corrected chi connectivity index (χ2v) is 18.5. The van der Waals surface area contributed by atoms with Crippen LogP contribution in [0.25, 0.3) is 0 Å². The topological polar surface area (TPSA) is 131 Å². The van der Waals surface area contributed by atoms with Crippen LogP contribution in [0.4, 0.5) is 0 Å². The zero-order chi connectivity index (χ0) is 41.8. The van der Waals surface area contributed by atoms with Crippen molar-refractivity contribution >= 4 is 13.7 Å². The summed E-state index contributed by atoms with van der Waals surface area (Å²) in [6.45, 7) is 4.16. The monoisotopic (exact) mass is 829 g/mol. The maximum absolute atomic E-state index is 12.8. The number of allylic oxidation sites excluding steroid dienone is 1. The van der Waals surface area contributed by atoms with Gasteiger partial charge in [0.15, 0.2) is 0 Å². The van der Waals surface area contributed by atoms with Gasteiger partial charge in [0, 0.05) is 13.0 Å². The van der Waals surface area contributed by atoms with Gasteiger partial charge in [-0.1, -0.05) is 244 Å². The van der Waals surface area contributed by atoms with Gasteiger partial charge in [-0.05, 0) is 19.3 Å². The van der Waals surface area contributed by atoms with Gasteiger partial charge in [-0.2, -0.15) is 0 Å². The number of carbonyl (C=O) groups is 1. The summed E-state index contributed by atoms with van der Waals surface area (Å²) in [4.78, 5) is 22.7. The molecule has 8 nitrogen and oxygen atoms in total. The summed E-state index contributed by atoms with van der Waals surface area (Å²) < 4.78 is 22.1. The molecule has 0 aromatic rings. The van der Waals surface area contributed by atoms with Crippen molar-refractivity contribution in [3.05, 3.63) is 12.2 Å². The molecule has 0 fully saturated rings. The number of phosphoric acid groups is 1. The van der Waals surface area contributed by atoms with Gasteiger partial charge in [-0.3, -0.25) is 13.8 Å². The van der Waals surface area contributed by atoms with E-state index < -0.39 is 20.0 Å². The molecular weight excluding hydrogens is 732 g/mol. The van der Waals surface area contributed by atoms with E-state index in [0.29, 0.717) is 6.42 Å². The van der Waals surface area contributed by atoms with Crippen molar-refractivity contribution < 1.29 is 28.4 Å². The molecule has 3 atom stereocenters. The van der Waals surface area contributed by atoms with E-state index in [1.54, 1.807) is 6.08 Å². The number of amides is 1. The van der Waals surface area contributed by atoms with Crippen molar-refractivity contribution in [3.63, 3.8) is 0 Å². The van der Waals surface area contributed by atoms with Crippen LogP contribution in [-0.4, -0.2) is 47.8 Å². The first-order valence-corrected chi connectivity index (χ1v) is 26.3. The minimum Gasteiger partial charge on any atom is -0.387 e.